The number of anilines is 1. The molecule has 7 nitrogen and oxygen atoms in total. The lowest BCUT2D eigenvalue weighted by molar-refractivity contribution is -0.137. The Kier molecular flexibility index (Phi) is 6.22. The topological polar surface area (TPSA) is 99.8 Å². The molecular formula is C28H15ClF5N5O2. The Morgan fingerprint density at radius 3 is 2.56 bits per heavy atom. The van der Waals surface area contributed by atoms with E-state index in [1.54, 1.807) is 12.3 Å². The van der Waals surface area contributed by atoms with E-state index in [0.29, 0.717) is 34.6 Å². The van der Waals surface area contributed by atoms with Gasteiger partial charge in [-0.25, -0.2) is 13.8 Å². The number of nitrogens with one attached hydrogen (secondary N) is 3. The molecular weight excluding hydrogens is 569 g/mol. The van der Waals surface area contributed by atoms with Crippen molar-refractivity contribution in [2.75, 3.05) is 5.32 Å². The first-order valence-corrected chi connectivity index (χ1v) is 12.3. The fourth-order valence-corrected chi connectivity index (χ4v) is 4.94. The Labute approximate surface area is 232 Å². The number of nitrogens with zero attached hydrogens (tertiary/aromatic N) is 2. The van der Waals surface area contributed by atoms with Crippen LogP contribution in [0.2, 0.25) is 5.02 Å². The van der Waals surface area contributed by atoms with Crippen molar-refractivity contribution in [3.63, 3.8) is 0 Å². The third-order valence-corrected chi connectivity index (χ3v) is 6.90. The maximum Gasteiger partial charge on any atom is 0.416 e. The lowest BCUT2D eigenvalue weighted by atomic mass is 9.94. The molecule has 3 heterocycles. The van der Waals surface area contributed by atoms with Gasteiger partial charge in [0, 0.05) is 44.7 Å². The standard InChI is InChI=1S/C28H15ClF5N5O2/c29-19-2-1-15(30)10-17(19)24-23-18(27(41)39-24)7-12(25-36-20-3-4-35-11-22(20)37-25)8-21(23)38-26(40)13-5-14(28(32,33)34)9-16(31)6-13/h1-11,24H,(H,36,37)(H,38,40)(H,39,41). The second kappa shape index (κ2) is 9.66. The number of hydrogen-bond acceptors (Lipinski definition) is 4. The number of rotatable bonds is 4. The Bertz CT molecular complexity index is 1860. The van der Waals surface area contributed by atoms with Crippen LogP contribution in [0.3, 0.4) is 0 Å². The highest BCUT2D eigenvalue weighted by molar-refractivity contribution is 6.31. The molecule has 5 aromatic rings. The largest absolute Gasteiger partial charge is 0.416 e. The highest BCUT2D eigenvalue weighted by Gasteiger charge is 2.36. The molecule has 0 radical (unpaired) electrons. The van der Waals surface area contributed by atoms with Crippen LogP contribution in [0.5, 0.6) is 0 Å². The Hall–Kier alpha value is -4.84. The molecule has 3 N–H and O–H groups in total. The molecule has 1 atom stereocenters. The first kappa shape index (κ1) is 26.4. The summed E-state index contributed by atoms with van der Waals surface area (Å²) in [5.74, 6) is -3.25. The van der Waals surface area contributed by atoms with E-state index in [-0.39, 0.29) is 33.5 Å². The van der Waals surface area contributed by atoms with E-state index in [0.717, 1.165) is 12.1 Å². The van der Waals surface area contributed by atoms with Gasteiger partial charge in [0.05, 0.1) is 23.3 Å². The molecule has 2 aromatic heterocycles. The van der Waals surface area contributed by atoms with Crippen molar-refractivity contribution < 1.29 is 31.5 Å². The number of benzene rings is 3. The average Bonchev–Trinajstić information content (AvgIpc) is 3.50. The molecule has 41 heavy (non-hydrogen) atoms. The van der Waals surface area contributed by atoms with E-state index in [1.807, 2.05) is 0 Å². The predicted octanol–water partition coefficient (Wildman–Crippen LogP) is 6.66. The predicted molar refractivity (Wildman–Crippen MR) is 139 cm³/mol. The Balaban J connectivity index is 1.51. The molecule has 6 rings (SSSR count). The lowest BCUT2D eigenvalue weighted by Gasteiger charge is -2.19. The number of hydrogen-bond donors (Lipinski definition) is 3. The molecule has 0 aliphatic carbocycles. The fourth-order valence-electron chi connectivity index (χ4n) is 4.71. The van der Waals surface area contributed by atoms with Crippen molar-refractivity contribution in [1.29, 1.82) is 0 Å². The maximum absolute atomic E-state index is 14.2. The van der Waals surface area contributed by atoms with Crippen LogP contribution in [0.25, 0.3) is 22.4 Å². The number of aromatic nitrogens is 3. The van der Waals surface area contributed by atoms with Crippen LogP contribution in [0.4, 0.5) is 27.6 Å². The zero-order chi connectivity index (χ0) is 29.1. The van der Waals surface area contributed by atoms with Gasteiger partial charge in [-0.3, -0.25) is 14.6 Å². The van der Waals surface area contributed by atoms with Gasteiger partial charge in [0.2, 0.25) is 0 Å². The zero-order valence-corrected chi connectivity index (χ0v) is 21.2. The van der Waals surface area contributed by atoms with Gasteiger partial charge < -0.3 is 15.6 Å². The highest BCUT2D eigenvalue weighted by Crippen LogP contribution is 2.42. The Morgan fingerprint density at radius 1 is 1.00 bits per heavy atom. The van der Waals surface area contributed by atoms with E-state index < -0.39 is 46.8 Å². The van der Waals surface area contributed by atoms with E-state index in [4.69, 9.17) is 11.6 Å². The molecule has 1 unspecified atom stereocenters. The molecule has 0 fully saturated rings. The van der Waals surface area contributed by atoms with Crippen molar-refractivity contribution in [2.24, 2.45) is 0 Å². The molecule has 0 saturated carbocycles. The number of fused-ring (bicyclic) bond motifs is 2. The SMILES string of the molecule is O=C(Nc1cc(-c2nc3cnccc3[nH]2)cc2c1C(c1cc(F)ccc1Cl)NC2=O)c1cc(F)cc(C(F)(F)F)c1. The summed E-state index contributed by atoms with van der Waals surface area (Å²) in [5.41, 5.74) is -0.0307. The summed E-state index contributed by atoms with van der Waals surface area (Å²) in [6, 6.07) is 8.61. The second-order valence-corrected chi connectivity index (χ2v) is 9.62. The van der Waals surface area contributed by atoms with Crippen molar-refractivity contribution in [3.05, 3.63) is 111 Å². The van der Waals surface area contributed by atoms with Gasteiger partial charge in [-0.15, -0.1) is 0 Å². The van der Waals surface area contributed by atoms with Gasteiger partial charge in [0.25, 0.3) is 11.8 Å². The number of carbonyl (C=O) groups is 2. The molecule has 2 amide bonds. The molecule has 1 aliphatic rings. The van der Waals surface area contributed by atoms with Crippen LogP contribution in [-0.2, 0) is 6.18 Å². The summed E-state index contributed by atoms with van der Waals surface area (Å²) in [6.45, 7) is 0. The first-order chi connectivity index (χ1) is 19.5. The number of alkyl halides is 3. The fraction of sp³-hybridized carbons (Fsp3) is 0.0714. The summed E-state index contributed by atoms with van der Waals surface area (Å²) < 4.78 is 68.1. The summed E-state index contributed by atoms with van der Waals surface area (Å²) in [5, 5.41) is 5.34. The van der Waals surface area contributed by atoms with Crippen LogP contribution in [-0.4, -0.2) is 26.8 Å². The van der Waals surface area contributed by atoms with Gasteiger partial charge in [0.1, 0.15) is 23.0 Å². The molecule has 1 aliphatic heterocycles. The molecule has 0 saturated heterocycles. The molecule has 13 heteroatoms. The Morgan fingerprint density at radius 2 is 1.80 bits per heavy atom. The molecule has 3 aromatic carbocycles. The number of pyridine rings is 1. The van der Waals surface area contributed by atoms with Gasteiger partial charge >= 0.3 is 6.18 Å². The van der Waals surface area contributed by atoms with E-state index in [2.05, 4.69) is 25.6 Å². The number of amides is 2. The smallest absolute Gasteiger partial charge is 0.341 e. The monoisotopic (exact) mass is 583 g/mol. The number of aromatic amines is 1. The van der Waals surface area contributed by atoms with Crippen molar-refractivity contribution in [1.82, 2.24) is 20.3 Å². The third-order valence-electron chi connectivity index (χ3n) is 6.55. The molecule has 0 spiro atoms. The van der Waals surface area contributed by atoms with Crippen molar-refractivity contribution in [3.8, 4) is 11.4 Å². The number of carbonyl (C=O) groups excluding carboxylic acids is 2. The number of halogens is 6. The summed E-state index contributed by atoms with van der Waals surface area (Å²) >= 11 is 6.32. The van der Waals surface area contributed by atoms with E-state index >= 15 is 0 Å². The average molecular weight is 584 g/mol. The minimum atomic E-state index is -4.90. The summed E-state index contributed by atoms with van der Waals surface area (Å²) in [7, 11) is 0. The first-order valence-electron chi connectivity index (χ1n) is 11.9. The van der Waals surface area contributed by atoms with Gasteiger partial charge in [-0.05, 0) is 54.6 Å². The van der Waals surface area contributed by atoms with E-state index in [1.165, 1.54) is 24.4 Å². The number of H-pyrrole nitrogens is 1. The molecule has 206 valence electrons. The third kappa shape index (κ3) is 4.86. The van der Waals surface area contributed by atoms with Crippen LogP contribution >= 0.6 is 11.6 Å². The highest BCUT2D eigenvalue weighted by atomic mass is 35.5. The quantitative estimate of drug-likeness (QED) is 0.206. The van der Waals surface area contributed by atoms with Gasteiger partial charge in [-0.1, -0.05) is 11.6 Å². The molecule has 0 bridgehead atoms. The van der Waals surface area contributed by atoms with Crippen LogP contribution in [0.1, 0.15) is 43.4 Å². The van der Waals surface area contributed by atoms with Crippen LogP contribution in [0, 0.1) is 11.6 Å². The summed E-state index contributed by atoms with van der Waals surface area (Å²) in [4.78, 5) is 37.9. The minimum Gasteiger partial charge on any atom is -0.341 e. The van der Waals surface area contributed by atoms with Crippen LogP contribution in [0.15, 0.2) is 67.0 Å². The van der Waals surface area contributed by atoms with Gasteiger partial charge in [0.15, 0.2) is 0 Å². The zero-order valence-electron chi connectivity index (χ0n) is 20.4. The van der Waals surface area contributed by atoms with Crippen molar-refractivity contribution >= 4 is 40.1 Å². The minimum absolute atomic E-state index is 0.0115. The maximum atomic E-state index is 14.2. The number of imidazole rings is 1. The second-order valence-electron chi connectivity index (χ2n) is 9.22. The van der Waals surface area contributed by atoms with Crippen LogP contribution < -0.4 is 10.6 Å². The van der Waals surface area contributed by atoms with Crippen molar-refractivity contribution in [2.45, 2.75) is 12.2 Å². The summed E-state index contributed by atoms with van der Waals surface area (Å²) in [6.07, 6.45) is -1.83. The lowest BCUT2D eigenvalue weighted by Crippen LogP contribution is -2.21. The normalized spacial score (nSPS) is 14.7. The van der Waals surface area contributed by atoms with Gasteiger partial charge in [-0.2, -0.15) is 13.2 Å². The van der Waals surface area contributed by atoms with E-state index in [9.17, 15) is 31.5 Å².